The molecule has 126 valence electrons. The first-order chi connectivity index (χ1) is 11.1. The van der Waals surface area contributed by atoms with Gasteiger partial charge in [-0.1, -0.05) is 70.4 Å². The number of nitriles is 1. The minimum atomic E-state index is -0.0422. The molecule has 0 aliphatic heterocycles. The van der Waals surface area contributed by atoms with Crippen LogP contribution in [0.15, 0.2) is 30.3 Å². The van der Waals surface area contributed by atoms with Crippen molar-refractivity contribution in [2.45, 2.75) is 71.9 Å². The highest BCUT2D eigenvalue weighted by Crippen LogP contribution is 2.46. The van der Waals surface area contributed by atoms with Crippen molar-refractivity contribution in [3.8, 4) is 6.07 Å². The fourth-order valence-electron chi connectivity index (χ4n) is 4.32. The number of rotatable bonds is 7. The predicted molar refractivity (Wildman–Crippen MR) is 96.8 cm³/mol. The summed E-state index contributed by atoms with van der Waals surface area (Å²) in [5.41, 5.74) is 1.41. The summed E-state index contributed by atoms with van der Waals surface area (Å²) in [5.74, 6) is 1.43. The molecule has 1 aromatic carbocycles. The van der Waals surface area contributed by atoms with Gasteiger partial charge in [0.15, 0.2) is 0 Å². The Balaban J connectivity index is 2.12. The molecule has 1 aliphatic rings. The smallest absolute Gasteiger partial charge is 0.101 e. The van der Waals surface area contributed by atoms with Crippen LogP contribution in [0.4, 0.5) is 0 Å². The van der Waals surface area contributed by atoms with Crippen molar-refractivity contribution < 1.29 is 0 Å². The van der Waals surface area contributed by atoms with Crippen LogP contribution >= 0.6 is 0 Å². The number of nitrogens with one attached hydrogen (secondary N) is 1. The van der Waals surface area contributed by atoms with Crippen LogP contribution < -0.4 is 5.32 Å². The van der Waals surface area contributed by atoms with Crippen LogP contribution in [0.1, 0.15) is 64.9 Å². The fraction of sp³-hybridized carbons (Fsp3) is 0.667. The summed E-state index contributed by atoms with van der Waals surface area (Å²) in [6.45, 7) is 7.75. The van der Waals surface area contributed by atoms with E-state index in [-0.39, 0.29) is 11.5 Å². The average Bonchev–Trinajstić information content (AvgIpc) is 2.56. The second-order valence-electron chi connectivity index (χ2n) is 7.71. The van der Waals surface area contributed by atoms with E-state index >= 15 is 0 Å². The van der Waals surface area contributed by atoms with Crippen LogP contribution in [0.3, 0.4) is 0 Å². The zero-order valence-electron chi connectivity index (χ0n) is 15.0. The van der Waals surface area contributed by atoms with Crippen molar-refractivity contribution in [1.82, 2.24) is 5.32 Å². The van der Waals surface area contributed by atoms with Crippen molar-refractivity contribution in [2.75, 3.05) is 0 Å². The summed E-state index contributed by atoms with van der Waals surface area (Å²) in [6, 6.07) is 13.0. The monoisotopic (exact) mass is 312 g/mol. The van der Waals surface area contributed by atoms with Gasteiger partial charge in [0.2, 0.25) is 0 Å². The van der Waals surface area contributed by atoms with Gasteiger partial charge >= 0.3 is 0 Å². The van der Waals surface area contributed by atoms with Gasteiger partial charge < -0.3 is 0 Å². The average molecular weight is 313 g/mol. The Kier molecular flexibility index (Phi) is 6.66. The van der Waals surface area contributed by atoms with E-state index < -0.39 is 0 Å². The Morgan fingerprint density at radius 2 is 2.09 bits per heavy atom. The topological polar surface area (TPSA) is 35.8 Å². The number of benzene rings is 1. The van der Waals surface area contributed by atoms with Crippen LogP contribution in [0, 0.1) is 28.6 Å². The Hall–Kier alpha value is -1.33. The normalized spacial score (nSPS) is 27.1. The van der Waals surface area contributed by atoms with E-state index in [9.17, 15) is 5.26 Å². The summed E-state index contributed by atoms with van der Waals surface area (Å²) in [6.07, 6.45) is 7.35. The van der Waals surface area contributed by atoms with Gasteiger partial charge in [-0.15, -0.1) is 0 Å². The molecule has 0 heterocycles. The van der Waals surface area contributed by atoms with E-state index in [0.717, 1.165) is 12.5 Å². The van der Waals surface area contributed by atoms with E-state index in [1.807, 2.05) is 6.07 Å². The van der Waals surface area contributed by atoms with Crippen molar-refractivity contribution in [3.05, 3.63) is 35.9 Å². The van der Waals surface area contributed by atoms with E-state index in [0.29, 0.717) is 5.92 Å². The molecule has 0 saturated heterocycles. The van der Waals surface area contributed by atoms with Crippen LogP contribution in [-0.2, 0) is 6.54 Å². The highest BCUT2D eigenvalue weighted by Gasteiger charge is 2.42. The molecule has 1 aromatic rings. The molecule has 0 amide bonds. The lowest BCUT2D eigenvalue weighted by atomic mass is 9.62. The first-order valence-electron chi connectivity index (χ1n) is 9.26. The van der Waals surface area contributed by atoms with E-state index in [4.69, 9.17) is 0 Å². The molecule has 1 N–H and O–H groups in total. The lowest BCUT2D eigenvalue weighted by Gasteiger charge is -2.45. The highest BCUT2D eigenvalue weighted by molar-refractivity contribution is 5.15. The SMILES string of the molecule is CCC(C)C[C@@]1(C(C#N)NCc2ccccc2)CCCC(C)C1. The maximum Gasteiger partial charge on any atom is 0.101 e. The van der Waals surface area contributed by atoms with Crippen molar-refractivity contribution >= 4 is 0 Å². The first kappa shape index (κ1) is 18.0. The van der Waals surface area contributed by atoms with Crippen LogP contribution in [0.25, 0.3) is 0 Å². The lowest BCUT2D eigenvalue weighted by molar-refractivity contribution is 0.0830. The van der Waals surface area contributed by atoms with Gasteiger partial charge in [0.25, 0.3) is 0 Å². The molecule has 2 heteroatoms. The molecule has 0 aromatic heterocycles. The van der Waals surface area contributed by atoms with Gasteiger partial charge in [-0.05, 0) is 42.1 Å². The molecule has 3 unspecified atom stereocenters. The Morgan fingerprint density at radius 1 is 1.35 bits per heavy atom. The summed E-state index contributed by atoms with van der Waals surface area (Å²) < 4.78 is 0. The minimum Gasteiger partial charge on any atom is -0.297 e. The predicted octanol–water partition coefficient (Wildman–Crippen LogP) is 5.30. The third kappa shape index (κ3) is 4.82. The second kappa shape index (κ2) is 8.50. The molecular formula is C21H32N2. The molecule has 0 radical (unpaired) electrons. The van der Waals surface area contributed by atoms with E-state index in [1.54, 1.807) is 0 Å². The van der Waals surface area contributed by atoms with Crippen LogP contribution in [0.2, 0.25) is 0 Å². The summed E-state index contributed by atoms with van der Waals surface area (Å²) in [7, 11) is 0. The Bertz CT molecular complexity index is 504. The molecular weight excluding hydrogens is 280 g/mol. The largest absolute Gasteiger partial charge is 0.297 e. The number of hydrogen-bond donors (Lipinski definition) is 1. The summed E-state index contributed by atoms with van der Waals surface area (Å²) >= 11 is 0. The number of hydrogen-bond acceptors (Lipinski definition) is 2. The standard InChI is InChI=1S/C21H32N2/c1-4-17(2)13-21(12-8-9-18(3)14-21)20(15-22)23-16-19-10-6-5-7-11-19/h5-7,10-11,17-18,20,23H,4,8-9,12-14,16H2,1-3H3/t17?,18?,20?,21-/m0/s1. The number of nitrogens with zero attached hydrogens (tertiary/aromatic N) is 1. The van der Waals surface area contributed by atoms with Gasteiger partial charge in [-0.3, -0.25) is 5.32 Å². The third-order valence-corrected chi connectivity index (χ3v) is 5.67. The molecule has 1 saturated carbocycles. The minimum absolute atomic E-state index is 0.0422. The lowest BCUT2D eigenvalue weighted by Crippen LogP contribution is -2.47. The van der Waals surface area contributed by atoms with E-state index in [1.165, 1.54) is 44.1 Å². The highest BCUT2D eigenvalue weighted by atomic mass is 14.9. The van der Waals surface area contributed by atoms with Crippen molar-refractivity contribution in [2.24, 2.45) is 17.3 Å². The summed E-state index contributed by atoms with van der Waals surface area (Å²) in [4.78, 5) is 0. The van der Waals surface area contributed by atoms with Gasteiger partial charge in [-0.25, -0.2) is 0 Å². The van der Waals surface area contributed by atoms with Crippen molar-refractivity contribution in [3.63, 3.8) is 0 Å². The zero-order valence-corrected chi connectivity index (χ0v) is 15.0. The van der Waals surface area contributed by atoms with Gasteiger partial charge in [-0.2, -0.15) is 5.26 Å². The maximum atomic E-state index is 9.88. The Labute approximate surface area is 142 Å². The molecule has 0 spiro atoms. The molecule has 4 atom stereocenters. The Morgan fingerprint density at radius 3 is 2.70 bits per heavy atom. The maximum absolute atomic E-state index is 9.88. The van der Waals surface area contributed by atoms with Gasteiger partial charge in [0.05, 0.1) is 6.07 Å². The first-order valence-corrected chi connectivity index (χ1v) is 9.26. The molecule has 1 aliphatic carbocycles. The van der Waals surface area contributed by atoms with Crippen LogP contribution in [-0.4, -0.2) is 6.04 Å². The van der Waals surface area contributed by atoms with Crippen molar-refractivity contribution in [1.29, 1.82) is 5.26 Å². The molecule has 1 fully saturated rings. The molecule has 2 rings (SSSR count). The van der Waals surface area contributed by atoms with Gasteiger partial charge in [0, 0.05) is 6.54 Å². The third-order valence-electron chi connectivity index (χ3n) is 5.67. The van der Waals surface area contributed by atoms with Crippen LogP contribution in [0.5, 0.6) is 0 Å². The molecule has 23 heavy (non-hydrogen) atoms. The van der Waals surface area contributed by atoms with E-state index in [2.05, 4.69) is 56.4 Å². The quantitative estimate of drug-likeness (QED) is 0.741. The molecule has 2 nitrogen and oxygen atoms in total. The second-order valence-corrected chi connectivity index (χ2v) is 7.71. The van der Waals surface area contributed by atoms with Gasteiger partial charge in [0.1, 0.15) is 6.04 Å². The summed E-state index contributed by atoms with van der Waals surface area (Å²) in [5, 5.41) is 13.5. The molecule has 0 bridgehead atoms. The zero-order chi connectivity index (χ0) is 16.7. The fourth-order valence-corrected chi connectivity index (χ4v) is 4.32.